The molecule has 4 rings (SSSR count). The normalized spacial score (nSPS) is 11.8. The van der Waals surface area contributed by atoms with Crippen molar-refractivity contribution in [3.05, 3.63) is 95.1 Å². The SMILES string of the molecule is O=C(NN=Cc1ccccc1C(F)(F)F)c1ccc(CSc2nc3ccccc3s2)cc1. The van der Waals surface area contributed by atoms with E-state index < -0.39 is 17.6 Å². The van der Waals surface area contributed by atoms with Gasteiger partial charge in [-0.2, -0.15) is 18.3 Å². The van der Waals surface area contributed by atoms with Crippen LogP contribution < -0.4 is 5.43 Å². The standard InChI is InChI=1S/C23H16F3N3OS2/c24-23(25,26)18-6-2-1-5-17(18)13-27-29-21(30)16-11-9-15(10-12-16)14-31-22-28-19-7-3-4-8-20(19)32-22/h1-13H,14H2,(H,29,30). The molecule has 32 heavy (non-hydrogen) atoms. The maximum atomic E-state index is 13.0. The second-order valence-corrected chi connectivity index (χ2v) is 8.97. The third kappa shape index (κ3) is 5.35. The van der Waals surface area contributed by atoms with Gasteiger partial charge in [-0.05, 0) is 35.9 Å². The van der Waals surface area contributed by atoms with Crippen molar-refractivity contribution in [3.63, 3.8) is 0 Å². The molecule has 0 saturated carbocycles. The number of nitrogens with one attached hydrogen (secondary N) is 1. The quantitative estimate of drug-likeness (QED) is 0.202. The van der Waals surface area contributed by atoms with Crippen molar-refractivity contribution in [2.45, 2.75) is 16.3 Å². The number of hydrogen-bond acceptors (Lipinski definition) is 5. The van der Waals surface area contributed by atoms with Crippen molar-refractivity contribution in [3.8, 4) is 0 Å². The predicted octanol–water partition coefficient (Wildman–Crippen LogP) is 6.37. The number of aromatic nitrogens is 1. The highest BCUT2D eigenvalue weighted by Gasteiger charge is 2.32. The average molecular weight is 472 g/mol. The molecule has 9 heteroatoms. The minimum atomic E-state index is -4.49. The highest BCUT2D eigenvalue weighted by atomic mass is 32.2. The number of carbonyl (C=O) groups is 1. The summed E-state index contributed by atoms with van der Waals surface area (Å²) in [4.78, 5) is 16.8. The maximum absolute atomic E-state index is 13.0. The topological polar surface area (TPSA) is 54.4 Å². The van der Waals surface area contributed by atoms with Crippen LogP contribution in [-0.2, 0) is 11.9 Å². The highest BCUT2D eigenvalue weighted by Crippen LogP contribution is 2.32. The number of carbonyl (C=O) groups excluding carboxylic acids is 1. The fraction of sp³-hybridized carbons (Fsp3) is 0.0870. The molecule has 4 nitrogen and oxygen atoms in total. The van der Waals surface area contributed by atoms with E-state index in [1.165, 1.54) is 18.2 Å². The Morgan fingerprint density at radius 2 is 1.75 bits per heavy atom. The summed E-state index contributed by atoms with van der Waals surface area (Å²) in [7, 11) is 0. The van der Waals surface area contributed by atoms with E-state index in [1.54, 1.807) is 35.2 Å². The maximum Gasteiger partial charge on any atom is 0.417 e. The molecule has 0 atom stereocenters. The Morgan fingerprint density at radius 3 is 2.50 bits per heavy atom. The van der Waals surface area contributed by atoms with Gasteiger partial charge in [0.2, 0.25) is 0 Å². The summed E-state index contributed by atoms with van der Waals surface area (Å²) >= 11 is 3.26. The molecule has 0 spiro atoms. The Kier molecular flexibility index (Phi) is 6.57. The highest BCUT2D eigenvalue weighted by molar-refractivity contribution is 8.00. The lowest BCUT2D eigenvalue weighted by molar-refractivity contribution is -0.137. The summed E-state index contributed by atoms with van der Waals surface area (Å²) in [6, 6.07) is 20.0. The molecule has 1 amide bonds. The molecule has 1 heterocycles. The van der Waals surface area contributed by atoms with E-state index in [9.17, 15) is 18.0 Å². The van der Waals surface area contributed by atoms with E-state index in [2.05, 4.69) is 15.5 Å². The number of halogens is 3. The van der Waals surface area contributed by atoms with Gasteiger partial charge < -0.3 is 0 Å². The van der Waals surface area contributed by atoms with Gasteiger partial charge in [0.15, 0.2) is 4.34 Å². The van der Waals surface area contributed by atoms with Crippen LogP contribution in [0.25, 0.3) is 10.2 Å². The molecule has 4 aromatic rings. The molecular weight excluding hydrogens is 455 g/mol. The minimum Gasteiger partial charge on any atom is -0.267 e. The van der Waals surface area contributed by atoms with Crippen LogP contribution in [0.2, 0.25) is 0 Å². The Hall–Kier alpha value is -3.17. The van der Waals surface area contributed by atoms with Gasteiger partial charge in [-0.3, -0.25) is 4.79 Å². The molecule has 0 saturated heterocycles. The van der Waals surface area contributed by atoms with Crippen LogP contribution >= 0.6 is 23.1 Å². The fourth-order valence-electron chi connectivity index (χ4n) is 2.90. The van der Waals surface area contributed by atoms with Gasteiger partial charge in [0.25, 0.3) is 5.91 Å². The molecule has 0 aliphatic rings. The molecule has 0 fully saturated rings. The fourth-order valence-corrected chi connectivity index (χ4v) is 4.93. The second kappa shape index (κ2) is 9.54. The van der Waals surface area contributed by atoms with Crippen molar-refractivity contribution in [1.82, 2.24) is 10.4 Å². The molecule has 0 unspecified atom stereocenters. The first-order chi connectivity index (χ1) is 15.4. The monoisotopic (exact) mass is 471 g/mol. The number of fused-ring (bicyclic) bond motifs is 1. The number of hydrogen-bond donors (Lipinski definition) is 1. The lowest BCUT2D eigenvalue weighted by atomic mass is 10.1. The lowest BCUT2D eigenvalue weighted by Crippen LogP contribution is -2.18. The van der Waals surface area contributed by atoms with Crippen LogP contribution in [0.4, 0.5) is 13.2 Å². The molecule has 0 bridgehead atoms. The Morgan fingerprint density at radius 1 is 1.03 bits per heavy atom. The first-order valence-corrected chi connectivity index (χ1v) is 11.3. The van der Waals surface area contributed by atoms with Crippen LogP contribution in [0.5, 0.6) is 0 Å². The zero-order chi connectivity index (χ0) is 22.6. The number of para-hydroxylation sites is 1. The molecule has 3 aromatic carbocycles. The van der Waals surface area contributed by atoms with E-state index in [0.29, 0.717) is 11.3 Å². The smallest absolute Gasteiger partial charge is 0.267 e. The van der Waals surface area contributed by atoms with E-state index in [0.717, 1.165) is 32.4 Å². The summed E-state index contributed by atoms with van der Waals surface area (Å²) in [5, 5.41) is 3.68. The largest absolute Gasteiger partial charge is 0.417 e. The van der Waals surface area contributed by atoms with Gasteiger partial charge >= 0.3 is 6.18 Å². The average Bonchev–Trinajstić information content (AvgIpc) is 3.21. The summed E-state index contributed by atoms with van der Waals surface area (Å²) in [5.41, 5.74) is 3.69. The second-order valence-electron chi connectivity index (χ2n) is 6.72. The number of rotatable bonds is 6. The first-order valence-electron chi connectivity index (χ1n) is 9.47. The Labute approximate surface area is 190 Å². The number of thiazole rings is 1. The molecule has 0 aliphatic heterocycles. The summed E-state index contributed by atoms with van der Waals surface area (Å²) in [5.74, 6) is 0.199. The molecule has 0 radical (unpaired) electrons. The van der Waals surface area contributed by atoms with Gasteiger partial charge in [-0.25, -0.2) is 10.4 Å². The van der Waals surface area contributed by atoms with Gasteiger partial charge in [0, 0.05) is 16.9 Å². The summed E-state index contributed by atoms with van der Waals surface area (Å²) in [6.45, 7) is 0. The van der Waals surface area contributed by atoms with Crippen molar-refractivity contribution in [1.29, 1.82) is 0 Å². The zero-order valence-corrected chi connectivity index (χ0v) is 18.1. The number of benzene rings is 3. The molecule has 162 valence electrons. The predicted molar refractivity (Wildman–Crippen MR) is 122 cm³/mol. The number of nitrogens with zero attached hydrogens (tertiary/aromatic N) is 2. The summed E-state index contributed by atoms with van der Waals surface area (Å²) in [6.07, 6.45) is -3.50. The van der Waals surface area contributed by atoms with Crippen LogP contribution in [-0.4, -0.2) is 17.1 Å². The summed E-state index contributed by atoms with van der Waals surface area (Å²) < 4.78 is 41.1. The van der Waals surface area contributed by atoms with Gasteiger partial charge in [-0.15, -0.1) is 11.3 Å². The van der Waals surface area contributed by atoms with Crippen molar-refractivity contribution in [2.24, 2.45) is 5.10 Å². The van der Waals surface area contributed by atoms with Crippen LogP contribution in [0, 0.1) is 0 Å². The number of alkyl halides is 3. The molecular formula is C23H16F3N3OS2. The number of thioether (sulfide) groups is 1. The van der Waals surface area contributed by atoms with Crippen molar-refractivity contribution in [2.75, 3.05) is 0 Å². The van der Waals surface area contributed by atoms with Crippen LogP contribution in [0.15, 0.2) is 82.2 Å². The minimum absolute atomic E-state index is 0.123. The Balaban J connectivity index is 1.34. The van der Waals surface area contributed by atoms with Gasteiger partial charge in [-0.1, -0.05) is 54.2 Å². The van der Waals surface area contributed by atoms with Crippen molar-refractivity contribution < 1.29 is 18.0 Å². The van der Waals surface area contributed by atoms with E-state index >= 15 is 0 Å². The zero-order valence-electron chi connectivity index (χ0n) is 16.5. The third-order valence-corrected chi connectivity index (χ3v) is 6.74. The van der Waals surface area contributed by atoms with Gasteiger partial charge in [0.05, 0.1) is 22.0 Å². The first kappa shape index (κ1) is 22.0. The number of amides is 1. The molecule has 1 aromatic heterocycles. The van der Waals surface area contributed by atoms with E-state index in [1.807, 2.05) is 36.4 Å². The van der Waals surface area contributed by atoms with E-state index in [-0.39, 0.29) is 5.56 Å². The van der Waals surface area contributed by atoms with Crippen molar-refractivity contribution >= 4 is 45.4 Å². The van der Waals surface area contributed by atoms with E-state index in [4.69, 9.17) is 0 Å². The third-order valence-electron chi connectivity index (χ3n) is 4.49. The van der Waals surface area contributed by atoms with Crippen LogP contribution in [0.3, 0.4) is 0 Å². The van der Waals surface area contributed by atoms with Gasteiger partial charge in [0.1, 0.15) is 0 Å². The lowest BCUT2D eigenvalue weighted by Gasteiger charge is -2.09. The van der Waals surface area contributed by atoms with Crippen LogP contribution in [0.1, 0.15) is 27.0 Å². The molecule has 1 N–H and O–H groups in total. The number of hydrazone groups is 1. The Bertz CT molecular complexity index is 1230. The molecule has 0 aliphatic carbocycles.